The van der Waals surface area contributed by atoms with Crippen molar-refractivity contribution in [2.24, 2.45) is 5.41 Å². The van der Waals surface area contributed by atoms with Crippen LogP contribution in [0.2, 0.25) is 0 Å². The van der Waals surface area contributed by atoms with Crippen LogP contribution in [0.4, 0.5) is 0 Å². The standard InChI is InChI=1S/C11H18O/c1-5-6-7-8-10(12)9-11(2,3)4/h7-9H2,1-4H3. The van der Waals surface area contributed by atoms with Crippen LogP contribution < -0.4 is 0 Å². The van der Waals surface area contributed by atoms with Gasteiger partial charge in [0.1, 0.15) is 5.78 Å². The Balaban J connectivity index is 3.66. The lowest BCUT2D eigenvalue weighted by Gasteiger charge is -2.15. The molecule has 0 rings (SSSR count). The van der Waals surface area contributed by atoms with Crippen molar-refractivity contribution in [2.75, 3.05) is 0 Å². The van der Waals surface area contributed by atoms with Crippen molar-refractivity contribution >= 4 is 5.78 Å². The Labute approximate surface area is 75.5 Å². The summed E-state index contributed by atoms with van der Waals surface area (Å²) in [6.45, 7) is 8.04. The molecule has 0 aromatic rings. The normalized spacial score (nSPS) is 10.3. The van der Waals surface area contributed by atoms with Crippen molar-refractivity contribution < 1.29 is 4.79 Å². The van der Waals surface area contributed by atoms with Crippen LogP contribution in [0.5, 0.6) is 0 Å². The van der Waals surface area contributed by atoms with E-state index in [-0.39, 0.29) is 5.41 Å². The summed E-state index contributed by atoms with van der Waals surface area (Å²) >= 11 is 0. The molecule has 0 aromatic carbocycles. The van der Waals surface area contributed by atoms with Crippen LogP contribution in [0.1, 0.15) is 47.0 Å². The minimum Gasteiger partial charge on any atom is -0.300 e. The molecule has 0 saturated heterocycles. The third-order valence-corrected chi connectivity index (χ3v) is 1.43. The van der Waals surface area contributed by atoms with Crippen LogP contribution in [-0.2, 0) is 4.79 Å². The molecule has 0 aliphatic rings. The molecular formula is C11H18O. The SMILES string of the molecule is CC#CCCC(=O)CC(C)(C)C. The zero-order chi connectivity index (χ0) is 9.61. The fraction of sp³-hybridized carbons (Fsp3) is 0.727. The maximum absolute atomic E-state index is 11.3. The van der Waals surface area contributed by atoms with Gasteiger partial charge in [-0.25, -0.2) is 0 Å². The summed E-state index contributed by atoms with van der Waals surface area (Å²) < 4.78 is 0. The molecule has 0 spiro atoms. The molecule has 0 atom stereocenters. The van der Waals surface area contributed by atoms with E-state index >= 15 is 0 Å². The highest BCUT2D eigenvalue weighted by Gasteiger charge is 2.14. The summed E-state index contributed by atoms with van der Waals surface area (Å²) in [6.07, 6.45) is 1.99. The molecule has 0 amide bonds. The second kappa shape index (κ2) is 4.98. The number of rotatable bonds is 3. The molecule has 0 saturated carbocycles. The van der Waals surface area contributed by atoms with Gasteiger partial charge in [-0.2, -0.15) is 0 Å². The largest absolute Gasteiger partial charge is 0.300 e. The Morgan fingerprint density at radius 1 is 1.33 bits per heavy atom. The summed E-state index contributed by atoms with van der Waals surface area (Å²) in [5.74, 6) is 6.00. The highest BCUT2D eigenvalue weighted by molar-refractivity contribution is 5.79. The molecule has 0 bridgehead atoms. The molecule has 1 heteroatoms. The van der Waals surface area contributed by atoms with Crippen LogP contribution in [0.15, 0.2) is 0 Å². The fourth-order valence-electron chi connectivity index (χ4n) is 1.01. The lowest BCUT2D eigenvalue weighted by Crippen LogP contribution is -2.12. The van der Waals surface area contributed by atoms with Crippen LogP contribution in [-0.4, -0.2) is 5.78 Å². The van der Waals surface area contributed by atoms with Gasteiger partial charge in [-0.1, -0.05) is 20.8 Å². The van der Waals surface area contributed by atoms with Crippen LogP contribution in [0.3, 0.4) is 0 Å². The third kappa shape index (κ3) is 7.34. The Morgan fingerprint density at radius 2 is 1.92 bits per heavy atom. The van der Waals surface area contributed by atoms with E-state index in [1.807, 2.05) is 0 Å². The highest BCUT2D eigenvalue weighted by Crippen LogP contribution is 2.19. The smallest absolute Gasteiger partial charge is 0.134 e. The Morgan fingerprint density at radius 3 is 2.33 bits per heavy atom. The van der Waals surface area contributed by atoms with Crippen molar-refractivity contribution in [3.63, 3.8) is 0 Å². The fourth-order valence-corrected chi connectivity index (χ4v) is 1.01. The average molecular weight is 166 g/mol. The van der Waals surface area contributed by atoms with Gasteiger partial charge in [0.2, 0.25) is 0 Å². The van der Waals surface area contributed by atoms with Crippen molar-refractivity contribution in [1.29, 1.82) is 0 Å². The number of carbonyl (C=O) groups is 1. The van der Waals surface area contributed by atoms with Gasteiger partial charge in [-0.3, -0.25) is 4.79 Å². The molecule has 0 N–H and O–H groups in total. The maximum Gasteiger partial charge on any atom is 0.134 e. The first kappa shape index (κ1) is 11.2. The van der Waals surface area contributed by atoms with Gasteiger partial charge in [0.25, 0.3) is 0 Å². The molecule has 12 heavy (non-hydrogen) atoms. The lowest BCUT2D eigenvalue weighted by atomic mass is 9.89. The van der Waals surface area contributed by atoms with E-state index in [4.69, 9.17) is 0 Å². The average Bonchev–Trinajstić information content (AvgIpc) is 1.84. The van der Waals surface area contributed by atoms with Gasteiger partial charge in [-0.15, -0.1) is 11.8 Å². The number of Topliss-reactive ketones (excluding diaryl/α,β-unsaturated/α-hetero) is 1. The molecule has 0 radical (unpaired) electrons. The molecule has 0 aromatic heterocycles. The van der Waals surface area contributed by atoms with E-state index in [0.717, 1.165) is 0 Å². The number of hydrogen-bond donors (Lipinski definition) is 0. The molecular weight excluding hydrogens is 148 g/mol. The number of ketones is 1. The quantitative estimate of drug-likeness (QED) is 0.589. The first-order valence-electron chi connectivity index (χ1n) is 4.37. The summed E-state index contributed by atoms with van der Waals surface area (Å²) in [5, 5.41) is 0. The van der Waals surface area contributed by atoms with Gasteiger partial charge in [0.15, 0.2) is 0 Å². The minimum atomic E-state index is 0.122. The number of hydrogen-bond acceptors (Lipinski definition) is 1. The van der Waals surface area contributed by atoms with E-state index in [2.05, 4.69) is 32.6 Å². The predicted octanol–water partition coefficient (Wildman–Crippen LogP) is 2.80. The monoisotopic (exact) mass is 166 g/mol. The van der Waals surface area contributed by atoms with Gasteiger partial charge in [0.05, 0.1) is 0 Å². The second-order valence-electron chi connectivity index (χ2n) is 4.20. The highest BCUT2D eigenvalue weighted by atomic mass is 16.1. The topological polar surface area (TPSA) is 17.1 Å². The molecule has 1 nitrogen and oxygen atoms in total. The molecule has 0 aliphatic carbocycles. The summed E-state index contributed by atoms with van der Waals surface area (Å²) in [4.78, 5) is 11.3. The maximum atomic E-state index is 11.3. The van der Waals surface area contributed by atoms with Crippen molar-refractivity contribution in [1.82, 2.24) is 0 Å². The van der Waals surface area contributed by atoms with E-state index in [1.165, 1.54) is 0 Å². The third-order valence-electron chi connectivity index (χ3n) is 1.43. The Hall–Kier alpha value is -0.770. The lowest BCUT2D eigenvalue weighted by molar-refractivity contribution is -0.120. The molecule has 0 fully saturated rings. The van der Waals surface area contributed by atoms with E-state index < -0.39 is 0 Å². The van der Waals surface area contributed by atoms with Crippen molar-refractivity contribution in [3.05, 3.63) is 0 Å². The van der Waals surface area contributed by atoms with Gasteiger partial charge in [0, 0.05) is 19.3 Å². The summed E-state index contributed by atoms with van der Waals surface area (Å²) in [7, 11) is 0. The van der Waals surface area contributed by atoms with Gasteiger partial charge < -0.3 is 0 Å². The van der Waals surface area contributed by atoms with Crippen LogP contribution in [0.25, 0.3) is 0 Å². The summed E-state index contributed by atoms with van der Waals surface area (Å²) in [5.41, 5.74) is 0.122. The van der Waals surface area contributed by atoms with Crippen molar-refractivity contribution in [2.45, 2.75) is 47.0 Å². The number of carbonyl (C=O) groups excluding carboxylic acids is 1. The van der Waals surface area contributed by atoms with Crippen molar-refractivity contribution in [3.8, 4) is 11.8 Å². The van der Waals surface area contributed by atoms with E-state index in [9.17, 15) is 4.79 Å². The molecule has 68 valence electrons. The Kier molecular flexibility index (Phi) is 4.66. The van der Waals surface area contributed by atoms with E-state index in [0.29, 0.717) is 25.0 Å². The second-order valence-corrected chi connectivity index (χ2v) is 4.20. The first-order chi connectivity index (χ1) is 5.45. The predicted molar refractivity (Wildman–Crippen MR) is 51.8 cm³/mol. The van der Waals surface area contributed by atoms with Crippen LogP contribution in [0, 0.1) is 17.3 Å². The Bertz CT molecular complexity index is 197. The zero-order valence-corrected chi connectivity index (χ0v) is 8.53. The molecule has 0 unspecified atom stereocenters. The van der Waals surface area contributed by atoms with E-state index in [1.54, 1.807) is 6.92 Å². The minimum absolute atomic E-state index is 0.122. The zero-order valence-electron chi connectivity index (χ0n) is 8.53. The van der Waals surface area contributed by atoms with Gasteiger partial charge >= 0.3 is 0 Å². The molecule has 0 aliphatic heterocycles. The van der Waals surface area contributed by atoms with Gasteiger partial charge in [-0.05, 0) is 12.3 Å². The first-order valence-corrected chi connectivity index (χ1v) is 4.37. The molecule has 0 heterocycles. The summed E-state index contributed by atoms with van der Waals surface area (Å²) in [6, 6.07) is 0. The van der Waals surface area contributed by atoms with Crippen LogP contribution >= 0.6 is 0 Å².